The summed E-state index contributed by atoms with van der Waals surface area (Å²) >= 11 is 0. The highest BCUT2D eigenvalue weighted by Crippen LogP contribution is 2.12. The largest absolute Gasteiger partial charge is 0.378 e. The number of nitrogens with one attached hydrogen (secondary N) is 2. The summed E-state index contributed by atoms with van der Waals surface area (Å²) < 4.78 is 0. The molecule has 1 aromatic rings. The van der Waals surface area contributed by atoms with Crippen LogP contribution in [0.2, 0.25) is 0 Å². The SMILES string of the molecule is CCNC(=NCc1ccc(N(C)C)cc1)NC(C)CC.I. The second-order valence-electron chi connectivity index (χ2n) is 5.21. The highest BCUT2D eigenvalue weighted by molar-refractivity contribution is 14.0. The zero-order valence-electron chi connectivity index (χ0n) is 13.8. The van der Waals surface area contributed by atoms with E-state index in [9.17, 15) is 0 Å². The summed E-state index contributed by atoms with van der Waals surface area (Å²) in [5.74, 6) is 0.888. The summed E-state index contributed by atoms with van der Waals surface area (Å²) in [7, 11) is 4.10. The second kappa shape index (κ2) is 10.7. The number of nitrogens with zero attached hydrogens (tertiary/aromatic N) is 2. The molecule has 0 aliphatic carbocycles. The first-order valence-corrected chi connectivity index (χ1v) is 7.37. The molecule has 1 aromatic carbocycles. The molecule has 4 nitrogen and oxygen atoms in total. The predicted octanol–water partition coefficient (Wildman–Crippen LogP) is 3.22. The molecule has 5 heteroatoms. The lowest BCUT2D eigenvalue weighted by Crippen LogP contribution is -2.41. The van der Waals surface area contributed by atoms with Gasteiger partial charge in [0.25, 0.3) is 0 Å². The monoisotopic (exact) mass is 404 g/mol. The number of anilines is 1. The fourth-order valence-electron chi connectivity index (χ4n) is 1.73. The van der Waals surface area contributed by atoms with Crippen LogP contribution < -0.4 is 15.5 Å². The van der Waals surface area contributed by atoms with Crippen LogP contribution in [0.25, 0.3) is 0 Å². The maximum atomic E-state index is 4.63. The van der Waals surface area contributed by atoms with Gasteiger partial charge < -0.3 is 15.5 Å². The summed E-state index contributed by atoms with van der Waals surface area (Å²) in [6.45, 7) is 7.99. The minimum Gasteiger partial charge on any atom is -0.378 e. The molecule has 0 aromatic heterocycles. The molecule has 1 unspecified atom stereocenters. The minimum atomic E-state index is 0. The first kappa shape index (κ1) is 20.0. The normalized spacial score (nSPS) is 12.3. The topological polar surface area (TPSA) is 39.7 Å². The molecule has 0 aliphatic heterocycles. The standard InChI is InChI=1S/C16H28N4.HI/c1-6-13(3)19-16(17-7-2)18-12-14-8-10-15(11-9-14)20(4)5;/h8-11,13H,6-7,12H2,1-5H3,(H2,17,18,19);1H. The molecule has 0 radical (unpaired) electrons. The van der Waals surface area contributed by atoms with E-state index in [-0.39, 0.29) is 24.0 Å². The molecule has 0 bridgehead atoms. The van der Waals surface area contributed by atoms with Crippen molar-refractivity contribution in [3.05, 3.63) is 29.8 Å². The molecule has 0 aliphatic rings. The molecule has 0 heterocycles. The third-order valence-corrected chi connectivity index (χ3v) is 3.21. The Morgan fingerprint density at radius 2 is 1.81 bits per heavy atom. The Kier molecular flexibility index (Phi) is 10.2. The molecular weight excluding hydrogens is 375 g/mol. The molecule has 1 rings (SSSR count). The van der Waals surface area contributed by atoms with E-state index in [1.54, 1.807) is 0 Å². The zero-order chi connectivity index (χ0) is 15.0. The van der Waals surface area contributed by atoms with Crippen LogP contribution in [0.4, 0.5) is 5.69 Å². The van der Waals surface area contributed by atoms with E-state index in [4.69, 9.17) is 0 Å². The average Bonchev–Trinajstić information content (AvgIpc) is 2.45. The van der Waals surface area contributed by atoms with Gasteiger partial charge >= 0.3 is 0 Å². The molecule has 0 spiro atoms. The Bertz CT molecular complexity index is 415. The van der Waals surface area contributed by atoms with Crippen LogP contribution in [-0.4, -0.2) is 32.6 Å². The Balaban J connectivity index is 0.00000400. The van der Waals surface area contributed by atoms with Crippen LogP contribution in [0.5, 0.6) is 0 Å². The Morgan fingerprint density at radius 3 is 2.29 bits per heavy atom. The molecular formula is C16H29IN4. The highest BCUT2D eigenvalue weighted by Gasteiger charge is 2.02. The first-order chi connectivity index (χ1) is 9.56. The van der Waals surface area contributed by atoms with Crippen molar-refractivity contribution < 1.29 is 0 Å². The molecule has 21 heavy (non-hydrogen) atoms. The molecule has 0 saturated heterocycles. The molecule has 2 N–H and O–H groups in total. The third-order valence-electron chi connectivity index (χ3n) is 3.21. The molecule has 1 atom stereocenters. The maximum Gasteiger partial charge on any atom is 0.191 e. The summed E-state index contributed by atoms with van der Waals surface area (Å²) in [4.78, 5) is 6.73. The van der Waals surface area contributed by atoms with Gasteiger partial charge in [0.15, 0.2) is 5.96 Å². The van der Waals surface area contributed by atoms with Crippen LogP contribution in [0, 0.1) is 0 Å². The van der Waals surface area contributed by atoms with Crippen LogP contribution >= 0.6 is 24.0 Å². The van der Waals surface area contributed by atoms with E-state index in [2.05, 4.69) is 65.6 Å². The van der Waals surface area contributed by atoms with E-state index in [1.807, 2.05) is 14.1 Å². The minimum absolute atomic E-state index is 0. The van der Waals surface area contributed by atoms with Gasteiger partial charge in [0, 0.05) is 32.4 Å². The van der Waals surface area contributed by atoms with Crippen LogP contribution in [0.1, 0.15) is 32.8 Å². The third kappa shape index (κ3) is 7.55. The van der Waals surface area contributed by atoms with Crippen molar-refractivity contribution in [2.24, 2.45) is 4.99 Å². The number of hydrogen-bond donors (Lipinski definition) is 2. The Hall–Kier alpha value is -0.980. The van der Waals surface area contributed by atoms with Gasteiger partial charge in [0.1, 0.15) is 0 Å². The number of rotatable bonds is 6. The lowest BCUT2D eigenvalue weighted by Gasteiger charge is -2.16. The van der Waals surface area contributed by atoms with Crippen molar-refractivity contribution in [2.45, 2.75) is 39.8 Å². The number of benzene rings is 1. The first-order valence-electron chi connectivity index (χ1n) is 7.37. The van der Waals surface area contributed by atoms with Gasteiger partial charge in [-0.1, -0.05) is 19.1 Å². The predicted molar refractivity (Wildman–Crippen MR) is 104 cm³/mol. The summed E-state index contributed by atoms with van der Waals surface area (Å²) in [5.41, 5.74) is 2.43. The van der Waals surface area contributed by atoms with Gasteiger partial charge in [-0.25, -0.2) is 4.99 Å². The van der Waals surface area contributed by atoms with Gasteiger partial charge in [-0.05, 0) is 38.0 Å². The van der Waals surface area contributed by atoms with Crippen molar-refractivity contribution in [1.82, 2.24) is 10.6 Å². The van der Waals surface area contributed by atoms with E-state index in [1.165, 1.54) is 11.3 Å². The molecule has 120 valence electrons. The van der Waals surface area contributed by atoms with E-state index in [0.29, 0.717) is 12.6 Å². The van der Waals surface area contributed by atoms with Crippen molar-refractivity contribution in [3.8, 4) is 0 Å². The van der Waals surface area contributed by atoms with Crippen molar-refractivity contribution in [1.29, 1.82) is 0 Å². The van der Waals surface area contributed by atoms with Gasteiger partial charge in [-0.15, -0.1) is 24.0 Å². The lowest BCUT2D eigenvalue weighted by atomic mass is 10.2. The zero-order valence-corrected chi connectivity index (χ0v) is 16.1. The van der Waals surface area contributed by atoms with E-state index < -0.39 is 0 Å². The molecule has 0 saturated carbocycles. The lowest BCUT2D eigenvalue weighted by molar-refractivity contribution is 0.624. The van der Waals surface area contributed by atoms with Crippen molar-refractivity contribution >= 4 is 35.6 Å². The smallest absolute Gasteiger partial charge is 0.191 e. The van der Waals surface area contributed by atoms with Crippen LogP contribution in [0.3, 0.4) is 0 Å². The van der Waals surface area contributed by atoms with Crippen LogP contribution in [0.15, 0.2) is 29.3 Å². The van der Waals surface area contributed by atoms with Crippen molar-refractivity contribution in [2.75, 3.05) is 25.5 Å². The maximum absolute atomic E-state index is 4.63. The van der Waals surface area contributed by atoms with E-state index >= 15 is 0 Å². The van der Waals surface area contributed by atoms with Gasteiger partial charge in [-0.2, -0.15) is 0 Å². The number of guanidine groups is 1. The molecule has 0 fully saturated rings. The van der Waals surface area contributed by atoms with Crippen LogP contribution in [-0.2, 0) is 6.54 Å². The molecule has 0 amide bonds. The number of halogens is 1. The summed E-state index contributed by atoms with van der Waals surface area (Å²) in [5, 5.41) is 6.68. The van der Waals surface area contributed by atoms with E-state index in [0.717, 1.165) is 18.9 Å². The van der Waals surface area contributed by atoms with Gasteiger partial charge in [-0.3, -0.25) is 0 Å². The second-order valence-corrected chi connectivity index (χ2v) is 5.21. The highest BCUT2D eigenvalue weighted by atomic mass is 127. The quantitative estimate of drug-likeness (QED) is 0.435. The van der Waals surface area contributed by atoms with Crippen molar-refractivity contribution in [3.63, 3.8) is 0 Å². The Labute approximate surface area is 146 Å². The summed E-state index contributed by atoms with van der Waals surface area (Å²) in [6.07, 6.45) is 1.09. The Morgan fingerprint density at radius 1 is 1.19 bits per heavy atom. The fourth-order valence-corrected chi connectivity index (χ4v) is 1.73. The number of aliphatic imine (C=N–C) groups is 1. The summed E-state index contributed by atoms with van der Waals surface area (Å²) in [6, 6.07) is 8.95. The number of hydrogen-bond acceptors (Lipinski definition) is 2. The van der Waals surface area contributed by atoms with Gasteiger partial charge in [0.2, 0.25) is 0 Å². The van der Waals surface area contributed by atoms with Gasteiger partial charge in [0.05, 0.1) is 6.54 Å². The average molecular weight is 404 g/mol. The fraction of sp³-hybridized carbons (Fsp3) is 0.562.